The minimum absolute atomic E-state index is 0.0127. The van der Waals surface area contributed by atoms with Gasteiger partial charge < -0.3 is 20.5 Å². The third-order valence-electron chi connectivity index (χ3n) is 7.92. The first-order chi connectivity index (χ1) is 19.9. The molecule has 1 aliphatic carbocycles. The lowest BCUT2D eigenvalue weighted by Crippen LogP contribution is -2.49. The van der Waals surface area contributed by atoms with Crippen LogP contribution in [0, 0.1) is 12.8 Å². The van der Waals surface area contributed by atoms with Crippen molar-refractivity contribution < 1.29 is 9.59 Å². The summed E-state index contributed by atoms with van der Waals surface area (Å²) in [4.78, 5) is 42.2. The van der Waals surface area contributed by atoms with Crippen molar-refractivity contribution in [1.82, 2.24) is 30.1 Å². The van der Waals surface area contributed by atoms with Gasteiger partial charge in [-0.05, 0) is 50.3 Å². The van der Waals surface area contributed by atoms with Gasteiger partial charge in [0.1, 0.15) is 17.2 Å². The monoisotopic (exact) mass is 555 g/mol. The summed E-state index contributed by atoms with van der Waals surface area (Å²) < 4.78 is 0. The van der Waals surface area contributed by atoms with Gasteiger partial charge >= 0.3 is 0 Å². The van der Waals surface area contributed by atoms with Gasteiger partial charge in [0.25, 0.3) is 5.91 Å². The standard InChI is InChI=1S/C32H41N7O2/c1-22-10-12-25(13-11-22)8-6-16-38-17-19-39(20-18-38)32(41)28-21-27-29(34-15-14-33-24(3)40)36-30(37-31(27)35-28)26-9-5-4-7-23(26)2/h4-5,9-13,21,23H,6-8,14-20H2,1-3H3,(H,33,40)(H2,34,35,36,37). The Morgan fingerprint density at radius 2 is 1.85 bits per heavy atom. The largest absolute Gasteiger partial charge is 0.368 e. The molecule has 0 bridgehead atoms. The number of fused-ring (bicyclic) bond motifs is 1. The number of amides is 2. The van der Waals surface area contributed by atoms with E-state index in [9.17, 15) is 9.59 Å². The summed E-state index contributed by atoms with van der Waals surface area (Å²) in [6, 6.07) is 10.6. The molecule has 0 saturated carbocycles. The van der Waals surface area contributed by atoms with Crippen LogP contribution in [0.25, 0.3) is 16.6 Å². The number of carbonyl (C=O) groups is 2. The molecule has 2 aliphatic rings. The van der Waals surface area contributed by atoms with E-state index in [2.05, 4.69) is 70.8 Å². The Kier molecular flexibility index (Phi) is 9.14. The van der Waals surface area contributed by atoms with Gasteiger partial charge in [-0.1, -0.05) is 55.0 Å². The summed E-state index contributed by atoms with van der Waals surface area (Å²) in [5.74, 6) is 1.52. The van der Waals surface area contributed by atoms with Crippen LogP contribution in [0.4, 0.5) is 5.82 Å². The Morgan fingerprint density at radius 1 is 1.07 bits per heavy atom. The molecular formula is C32H41N7O2. The molecule has 0 radical (unpaired) electrons. The Morgan fingerprint density at radius 3 is 2.59 bits per heavy atom. The van der Waals surface area contributed by atoms with Gasteiger partial charge in [0.2, 0.25) is 5.91 Å². The van der Waals surface area contributed by atoms with Gasteiger partial charge in [-0.3, -0.25) is 14.5 Å². The van der Waals surface area contributed by atoms with Crippen LogP contribution in [-0.4, -0.2) is 82.4 Å². The van der Waals surface area contributed by atoms with Crippen molar-refractivity contribution in [3.05, 3.63) is 71.2 Å². The zero-order valence-electron chi connectivity index (χ0n) is 24.4. The van der Waals surface area contributed by atoms with Gasteiger partial charge in [0, 0.05) is 51.8 Å². The smallest absolute Gasteiger partial charge is 0.270 e. The lowest BCUT2D eigenvalue weighted by Gasteiger charge is -2.34. The topological polar surface area (TPSA) is 106 Å². The summed E-state index contributed by atoms with van der Waals surface area (Å²) in [5.41, 5.74) is 4.90. The molecule has 1 saturated heterocycles. The number of anilines is 1. The SMILES string of the molecule is CC(=O)NCCNc1nc(C2=CC=CCC2C)nc2[nH]c(C(=O)N3CCN(CCCc4ccc(C)cc4)CC3)cc12. The number of nitrogens with one attached hydrogen (secondary N) is 3. The van der Waals surface area contributed by atoms with Crippen molar-refractivity contribution in [1.29, 1.82) is 0 Å². The molecular weight excluding hydrogens is 514 g/mol. The number of rotatable bonds is 10. The van der Waals surface area contributed by atoms with Crippen LogP contribution in [0.3, 0.4) is 0 Å². The maximum Gasteiger partial charge on any atom is 0.270 e. The second-order valence-electron chi connectivity index (χ2n) is 11.2. The van der Waals surface area contributed by atoms with E-state index in [-0.39, 0.29) is 11.8 Å². The van der Waals surface area contributed by atoms with Crippen molar-refractivity contribution in [3.63, 3.8) is 0 Å². The summed E-state index contributed by atoms with van der Waals surface area (Å²) >= 11 is 0. The quantitative estimate of drug-likeness (QED) is 0.324. The fourth-order valence-corrected chi connectivity index (χ4v) is 5.45. The molecule has 216 valence electrons. The average Bonchev–Trinajstić information content (AvgIpc) is 3.41. The number of aromatic nitrogens is 3. The summed E-state index contributed by atoms with van der Waals surface area (Å²) in [6.07, 6.45) is 9.37. The van der Waals surface area contributed by atoms with Crippen LogP contribution >= 0.6 is 0 Å². The predicted octanol–water partition coefficient (Wildman–Crippen LogP) is 4.18. The molecule has 2 amide bonds. The van der Waals surface area contributed by atoms with E-state index >= 15 is 0 Å². The molecule has 1 aliphatic heterocycles. The Labute approximate surface area is 242 Å². The molecule has 5 rings (SSSR count). The molecule has 1 fully saturated rings. The van der Waals surface area contributed by atoms with Crippen molar-refractivity contribution >= 4 is 34.2 Å². The Hall–Kier alpha value is -3.98. The summed E-state index contributed by atoms with van der Waals surface area (Å²) in [5, 5.41) is 6.92. The molecule has 2 aromatic heterocycles. The molecule has 3 heterocycles. The third kappa shape index (κ3) is 7.21. The molecule has 41 heavy (non-hydrogen) atoms. The second kappa shape index (κ2) is 13.1. The molecule has 1 aromatic carbocycles. The van der Waals surface area contributed by atoms with Crippen LogP contribution in [0.5, 0.6) is 0 Å². The highest BCUT2D eigenvalue weighted by Crippen LogP contribution is 2.30. The number of aromatic amines is 1. The number of piperazine rings is 1. The normalized spacial score (nSPS) is 17.5. The van der Waals surface area contributed by atoms with Crippen LogP contribution in [0.2, 0.25) is 0 Å². The highest BCUT2D eigenvalue weighted by Gasteiger charge is 2.25. The fraction of sp³-hybridized carbons (Fsp3) is 0.438. The predicted molar refractivity (Wildman–Crippen MR) is 164 cm³/mol. The van der Waals surface area contributed by atoms with Crippen LogP contribution < -0.4 is 10.6 Å². The van der Waals surface area contributed by atoms with Crippen molar-refractivity contribution in [3.8, 4) is 0 Å². The molecule has 1 atom stereocenters. The number of allylic oxidation sites excluding steroid dienone is 4. The van der Waals surface area contributed by atoms with E-state index in [1.807, 2.05) is 17.0 Å². The van der Waals surface area contributed by atoms with Gasteiger partial charge in [-0.25, -0.2) is 9.97 Å². The van der Waals surface area contributed by atoms with Gasteiger partial charge in [-0.2, -0.15) is 0 Å². The number of hydrogen-bond acceptors (Lipinski definition) is 6. The number of H-pyrrole nitrogens is 1. The van der Waals surface area contributed by atoms with Gasteiger partial charge in [-0.15, -0.1) is 0 Å². The molecule has 0 spiro atoms. The maximum atomic E-state index is 13.5. The highest BCUT2D eigenvalue weighted by atomic mass is 16.2. The van der Waals surface area contributed by atoms with E-state index in [1.165, 1.54) is 18.1 Å². The van der Waals surface area contributed by atoms with Gasteiger partial charge in [0.15, 0.2) is 5.82 Å². The first kappa shape index (κ1) is 28.5. The average molecular weight is 556 g/mol. The lowest BCUT2D eigenvalue weighted by molar-refractivity contribution is -0.118. The van der Waals surface area contributed by atoms with E-state index in [0.717, 1.165) is 49.9 Å². The van der Waals surface area contributed by atoms with E-state index in [0.29, 0.717) is 55.1 Å². The van der Waals surface area contributed by atoms with Gasteiger partial charge in [0.05, 0.1) is 5.39 Å². The maximum absolute atomic E-state index is 13.5. The molecule has 3 aromatic rings. The Bertz CT molecular complexity index is 1430. The number of benzene rings is 1. The number of nitrogens with zero attached hydrogens (tertiary/aromatic N) is 4. The zero-order chi connectivity index (χ0) is 28.8. The van der Waals surface area contributed by atoms with E-state index < -0.39 is 0 Å². The first-order valence-electron chi connectivity index (χ1n) is 14.7. The molecule has 1 unspecified atom stereocenters. The third-order valence-corrected chi connectivity index (χ3v) is 7.92. The van der Waals surface area contributed by atoms with Crippen molar-refractivity contribution in [2.75, 3.05) is 51.1 Å². The molecule has 9 heteroatoms. The van der Waals surface area contributed by atoms with Crippen LogP contribution in [0.15, 0.2) is 48.6 Å². The zero-order valence-corrected chi connectivity index (χ0v) is 24.4. The number of hydrogen-bond donors (Lipinski definition) is 3. The number of carbonyl (C=O) groups excluding carboxylic acids is 2. The molecule has 3 N–H and O–H groups in total. The Balaban J connectivity index is 1.25. The lowest BCUT2D eigenvalue weighted by atomic mass is 9.93. The van der Waals surface area contributed by atoms with E-state index in [4.69, 9.17) is 9.97 Å². The van der Waals surface area contributed by atoms with Crippen LogP contribution in [0.1, 0.15) is 54.1 Å². The fourth-order valence-electron chi connectivity index (χ4n) is 5.45. The minimum Gasteiger partial charge on any atom is -0.368 e. The van der Waals surface area contributed by atoms with Crippen LogP contribution in [-0.2, 0) is 11.2 Å². The highest BCUT2D eigenvalue weighted by molar-refractivity contribution is 6.00. The first-order valence-corrected chi connectivity index (χ1v) is 14.7. The van der Waals surface area contributed by atoms with Crippen molar-refractivity contribution in [2.24, 2.45) is 5.92 Å². The summed E-state index contributed by atoms with van der Waals surface area (Å²) in [7, 11) is 0. The second-order valence-corrected chi connectivity index (χ2v) is 11.2. The minimum atomic E-state index is -0.0748. The molecule has 9 nitrogen and oxygen atoms in total. The van der Waals surface area contributed by atoms with Crippen molar-refractivity contribution in [2.45, 2.75) is 40.0 Å². The number of aryl methyl sites for hydroxylation is 2. The summed E-state index contributed by atoms with van der Waals surface area (Å²) in [6.45, 7) is 11.0. The van der Waals surface area contributed by atoms with E-state index in [1.54, 1.807) is 0 Å².